The number of amides is 6. The number of hydrogen-bond acceptors (Lipinski definition) is 20. The number of aromatic nitrogens is 4. The molecule has 5 unspecified atom stereocenters. The van der Waals surface area contributed by atoms with E-state index in [9.17, 15) is 47.9 Å². The van der Waals surface area contributed by atoms with Crippen molar-refractivity contribution in [3.05, 3.63) is 193 Å². The zero-order chi connectivity index (χ0) is 99.4. The van der Waals surface area contributed by atoms with Crippen LogP contribution in [-0.4, -0.2) is 196 Å². The zero-order valence-corrected chi connectivity index (χ0v) is 84.0. The predicted molar refractivity (Wildman–Crippen MR) is 542 cm³/mol. The fourth-order valence-electron chi connectivity index (χ4n) is 23.6. The van der Waals surface area contributed by atoms with Crippen molar-refractivity contribution >= 4 is 105 Å². The van der Waals surface area contributed by atoms with E-state index in [0.29, 0.717) is 84.2 Å². The summed E-state index contributed by atoms with van der Waals surface area (Å²) in [5, 5.41) is 6.25. The minimum atomic E-state index is -0.765. The maximum absolute atomic E-state index is 13.9. The number of ether oxygens (including phenoxy) is 4. The molecular formula is C111H135BN12O16. The van der Waals surface area contributed by atoms with Crippen molar-refractivity contribution in [2.24, 2.45) is 45.5 Å². The summed E-state index contributed by atoms with van der Waals surface area (Å²) >= 11 is 0. The summed E-state index contributed by atoms with van der Waals surface area (Å²) in [6.07, 6.45) is 18.3. The molecule has 9 heterocycles. The average Bonchev–Trinajstić information content (AvgIpc) is 1.61. The van der Waals surface area contributed by atoms with Crippen LogP contribution < -0.4 is 27.2 Å². The Morgan fingerprint density at radius 2 is 0.786 bits per heavy atom. The molecule has 8 aromatic rings. The van der Waals surface area contributed by atoms with Crippen molar-refractivity contribution < 1.29 is 66.6 Å². The van der Waals surface area contributed by atoms with Crippen molar-refractivity contribution in [1.29, 1.82) is 0 Å². The number of alkyl carbamates (subject to hydrolysis) is 2. The van der Waals surface area contributed by atoms with E-state index in [0.717, 1.165) is 115 Å². The molecule has 6 amide bonds. The fraction of sp³-hybridized carbons (Fsp3) is 0.514. The molecule has 28 nitrogen and oxygen atoms in total. The van der Waals surface area contributed by atoms with Gasteiger partial charge in [-0.3, -0.25) is 48.3 Å². The molecule has 4 N–H and O–H groups in total. The Balaban J connectivity index is 0.000000155. The van der Waals surface area contributed by atoms with Gasteiger partial charge in [-0.05, 0) is 285 Å². The predicted octanol–water partition coefficient (Wildman–Crippen LogP) is 18.0. The van der Waals surface area contributed by atoms with Crippen LogP contribution in [0.3, 0.4) is 0 Å². The van der Waals surface area contributed by atoms with Gasteiger partial charge in [-0.25, -0.2) is 19.6 Å². The first-order chi connectivity index (χ1) is 67.0. The molecule has 6 aromatic carbocycles. The third-order valence-corrected chi connectivity index (χ3v) is 32.0. The second-order valence-electron chi connectivity index (χ2n) is 42.5. The van der Waals surface area contributed by atoms with Crippen molar-refractivity contribution in [2.45, 2.75) is 277 Å². The molecule has 7 aliphatic heterocycles. The lowest BCUT2D eigenvalue weighted by Gasteiger charge is -2.32. The van der Waals surface area contributed by atoms with Crippen LogP contribution in [0, 0.1) is 42.4 Å². The summed E-state index contributed by atoms with van der Waals surface area (Å²) in [6, 6.07) is 35.9. The molecule has 0 radical (unpaired) electrons. The molecule has 11 aliphatic rings. The molecule has 4 aliphatic carbocycles. The monoisotopic (exact) mass is 1900 g/mol. The van der Waals surface area contributed by atoms with E-state index >= 15 is 0 Å². The molecule has 738 valence electrons. The number of methoxy groups -OCH3 is 4. The highest BCUT2D eigenvalue weighted by Crippen LogP contribution is 2.60. The third-order valence-electron chi connectivity index (χ3n) is 32.0. The number of benzene rings is 6. The SMILES string of the molecule is COC(=O)C[C@H](C(=O)N1CCCC1C1=NC=C(c2ccc(-c3ccc(-c4ccc5nc([C@@H]6CCCN6C(=O)[C@@H](NC(=O)OC)C(C)C)[nH]c(=O)c5c4)c4c3C3CCC4C3)cc2)C1)C(C)C.COC(=O)C[C@H](C(=O)N1CCC[C@H]1C1=NC=C(c2ccc(-c3ccc(C)c4c3C3CCC4C3)cc2)C1)C(C)C.COC(=O)N[C@H](C(=O)N1CCC[C@H]1c1nc2ccc(B3OC(C)(C)C(C)(C)O3)cc2c(=O)[nH]1)C(C)C. The van der Waals surface area contributed by atoms with Gasteiger partial charge in [-0.1, -0.05) is 140 Å². The van der Waals surface area contributed by atoms with Crippen molar-refractivity contribution in [3.63, 3.8) is 0 Å². The van der Waals surface area contributed by atoms with Crippen LogP contribution in [0.2, 0.25) is 0 Å². The highest BCUT2D eigenvalue weighted by atomic mass is 16.7. The Labute approximate surface area is 820 Å². The van der Waals surface area contributed by atoms with Crippen molar-refractivity contribution in [1.82, 2.24) is 50.2 Å². The molecule has 29 heteroatoms. The van der Waals surface area contributed by atoms with E-state index in [2.05, 4.69) is 111 Å². The molecular weight excluding hydrogens is 1770 g/mol. The highest BCUT2D eigenvalue weighted by molar-refractivity contribution is 6.62. The second kappa shape index (κ2) is 41.1. The van der Waals surface area contributed by atoms with Gasteiger partial charge in [0.25, 0.3) is 11.1 Å². The number of hydrogen-bond donors (Lipinski definition) is 4. The van der Waals surface area contributed by atoms with E-state index in [1.165, 1.54) is 104 Å². The van der Waals surface area contributed by atoms with Crippen LogP contribution in [0.4, 0.5) is 9.59 Å². The number of nitrogens with zero attached hydrogens (tertiary/aromatic N) is 8. The Hall–Kier alpha value is -12.2. The first-order valence-electron chi connectivity index (χ1n) is 50.6. The van der Waals surface area contributed by atoms with Gasteiger partial charge in [0.1, 0.15) is 23.7 Å². The summed E-state index contributed by atoms with van der Waals surface area (Å²) in [7, 11) is 4.70. The summed E-state index contributed by atoms with van der Waals surface area (Å²) in [4.78, 5) is 162. The molecule has 7 fully saturated rings. The number of carbonyl (C=O) groups is 8. The molecule has 19 rings (SSSR count). The van der Waals surface area contributed by atoms with Gasteiger partial charge in [0.2, 0.25) is 23.6 Å². The number of esters is 2. The summed E-state index contributed by atoms with van der Waals surface area (Å²) in [5.41, 5.74) is 21.9. The third kappa shape index (κ3) is 19.8. The largest absolute Gasteiger partial charge is 0.494 e. The summed E-state index contributed by atoms with van der Waals surface area (Å²) in [6.45, 7) is 28.0. The minimum absolute atomic E-state index is 0.00925. The maximum Gasteiger partial charge on any atom is 0.494 e. The van der Waals surface area contributed by atoms with Crippen LogP contribution >= 0.6 is 0 Å². The van der Waals surface area contributed by atoms with Gasteiger partial charge in [0.15, 0.2) is 0 Å². The fourth-order valence-corrected chi connectivity index (χ4v) is 23.6. The normalized spacial score (nSPS) is 22.5. The van der Waals surface area contributed by atoms with Gasteiger partial charge in [-0.15, -0.1) is 0 Å². The lowest BCUT2D eigenvalue weighted by atomic mass is 9.78. The highest BCUT2D eigenvalue weighted by Gasteiger charge is 2.53. The Bertz CT molecular complexity index is 6390. The van der Waals surface area contributed by atoms with Gasteiger partial charge in [0.05, 0.1) is 110 Å². The average molecular weight is 1900 g/mol. The van der Waals surface area contributed by atoms with E-state index in [1.807, 2.05) is 123 Å². The van der Waals surface area contributed by atoms with Gasteiger partial charge in [-0.2, -0.15) is 0 Å². The summed E-state index contributed by atoms with van der Waals surface area (Å²) < 4.78 is 31.5. The molecule has 2 saturated carbocycles. The van der Waals surface area contributed by atoms with E-state index in [4.69, 9.17) is 43.5 Å². The zero-order valence-electron chi connectivity index (χ0n) is 84.0. The van der Waals surface area contributed by atoms with E-state index < -0.39 is 60.6 Å². The Kier molecular flexibility index (Phi) is 29.2. The number of likely N-dealkylation sites (tertiary alicyclic amines) is 4. The van der Waals surface area contributed by atoms with Gasteiger partial charge >= 0.3 is 31.2 Å². The standard InChI is InChI=1S/C52H60N6O7.C34H40N2O3.C25H35BN4O6/c1-28(2)38(26-44(59)64-5)50(61)57-21-7-9-42(57)41-25-35(27-53-41)30-11-13-31(14-12-30)36-18-19-37(46-34-16-15-33(23-34)45(36)46)32-17-20-40-39(24-32)49(60)56-48(54-40)43-10-8-22-58(43)51(62)47(29(3)4)55-52(63)65-6;1-20(2)28(18-31(37)39-4)34(38)36-15-5-6-30(36)29-17-26(19-35-29)22-8-10-23(11-9-22)27-14-7-21(3)32-24-12-13-25(16-24)33(27)32;1-14(2)19(28-23(33)34-7)22(32)30-12-8-9-18(30)20-27-17-11-10-15(13-16(17)21(31)29-20)26-35-24(3,4)25(5,6)36-26/h11-14,17-20,24,27-29,33-34,38,42-43,47H,7-10,15-16,21-23,25-26H2,1-6H3,(H,55,63)(H,54,56,60);7-11,14,19-20,24-25,28,30H,5-6,12-13,15-18H2,1-4H3;10-11,13-14,18-19H,8-9,12H2,1-7H3,(H,28,33)(H,27,29,31)/t33?,34?,38-,42?,43-,47-;24?,25?,28-,30-;18-,19-/m000/s1. The minimum Gasteiger partial charge on any atom is -0.469 e. The van der Waals surface area contributed by atoms with Crippen molar-refractivity contribution in [3.8, 4) is 33.4 Å². The van der Waals surface area contributed by atoms with Crippen LogP contribution in [0.15, 0.2) is 141 Å². The number of allylic oxidation sites excluding steroid dienone is 2. The lowest BCUT2D eigenvalue weighted by molar-refractivity contribution is -0.148. The van der Waals surface area contributed by atoms with Gasteiger partial charge in [0, 0.05) is 62.8 Å². The number of aryl methyl sites for hydroxylation is 1. The number of H-pyrrole nitrogens is 2. The topological polar surface area (TPSA) is 345 Å². The van der Waals surface area contributed by atoms with Crippen LogP contribution in [0.1, 0.15) is 285 Å². The van der Waals surface area contributed by atoms with E-state index in [-0.39, 0.29) is 101 Å². The van der Waals surface area contributed by atoms with Crippen LogP contribution in [0.5, 0.6) is 0 Å². The molecule has 0 spiro atoms. The van der Waals surface area contributed by atoms with Crippen LogP contribution in [-0.2, 0) is 57.0 Å². The molecule has 2 aromatic heterocycles. The summed E-state index contributed by atoms with van der Waals surface area (Å²) in [5.74, 6) is 1.26. The van der Waals surface area contributed by atoms with Crippen LogP contribution in [0.25, 0.3) is 66.3 Å². The number of aliphatic imine (C=N–C) groups is 2. The van der Waals surface area contributed by atoms with E-state index in [1.54, 1.807) is 33.1 Å². The molecule has 12 atom stereocenters. The Morgan fingerprint density at radius 3 is 1.19 bits per heavy atom. The number of rotatable bonds is 24. The van der Waals surface area contributed by atoms with Gasteiger partial charge < -0.3 is 68.5 Å². The van der Waals surface area contributed by atoms with Crippen molar-refractivity contribution in [2.75, 3.05) is 54.6 Å². The molecule has 5 saturated heterocycles. The number of carbonyl (C=O) groups excluding carboxylic acids is 8. The first kappa shape index (κ1) is 99.3. The lowest BCUT2D eigenvalue weighted by Crippen LogP contribution is -2.51. The second-order valence-corrected chi connectivity index (χ2v) is 42.5. The number of nitrogens with one attached hydrogen (secondary N) is 4. The molecule has 4 bridgehead atoms. The smallest absolute Gasteiger partial charge is 0.469 e. The Morgan fingerprint density at radius 1 is 0.429 bits per heavy atom. The quantitative estimate of drug-likeness (QED) is 0.0248. The number of fused-ring (bicyclic) bond motifs is 12. The maximum atomic E-state index is 13.9. The number of aromatic amines is 2. The first-order valence-corrected chi connectivity index (χ1v) is 50.6. The molecule has 140 heavy (non-hydrogen) atoms.